The molecule has 1 aliphatic rings. The lowest BCUT2D eigenvalue weighted by Crippen LogP contribution is -2.53. The Labute approximate surface area is 267 Å². The lowest BCUT2D eigenvalue weighted by molar-refractivity contribution is 0.111. The van der Waals surface area contributed by atoms with Gasteiger partial charge in [-0.05, 0) is 109 Å². The van der Waals surface area contributed by atoms with Gasteiger partial charge in [0.1, 0.15) is 23.0 Å². The maximum absolute atomic E-state index is 12.3. The molecule has 46 heavy (non-hydrogen) atoms. The van der Waals surface area contributed by atoms with Crippen LogP contribution in [0.15, 0.2) is 48.5 Å². The molecule has 5 rings (SSSR count). The molecule has 8 heteroatoms. The number of rotatable bonds is 8. The Morgan fingerprint density at radius 1 is 0.435 bits per heavy atom. The van der Waals surface area contributed by atoms with Crippen molar-refractivity contribution in [1.82, 2.24) is 0 Å². The van der Waals surface area contributed by atoms with Gasteiger partial charge in [-0.25, -0.2) is 0 Å². The first-order valence-corrected chi connectivity index (χ1v) is 15.1. The molecule has 1 fully saturated rings. The highest BCUT2D eigenvalue weighted by Gasteiger charge is 2.57. The van der Waals surface area contributed by atoms with Gasteiger partial charge in [0.15, 0.2) is 25.1 Å². The van der Waals surface area contributed by atoms with Gasteiger partial charge in [0.25, 0.3) is 0 Å². The summed E-state index contributed by atoms with van der Waals surface area (Å²) in [7, 11) is 0. The minimum Gasteiger partial charge on any atom is -0.507 e. The van der Waals surface area contributed by atoms with E-state index in [1.807, 2.05) is 0 Å². The van der Waals surface area contributed by atoms with Crippen LogP contribution in [0.25, 0.3) is 0 Å². The first kappa shape index (κ1) is 32.2. The van der Waals surface area contributed by atoms with E-state index in [4.69, 9.17) is 0 Å². The molecule has 0 spiro atoms. The summed E-state index contributed by atoms with van der Waals surface area (Å²) in [5.74, 6) is -0.673. The molecule has 0 atom stereocenters. The quantitative estimate of drug-likeness (QED) is 0.157. The van der Waals surface area contributed by atoms with Gasteiger partial charge < -0.3 is 20.4 Å². The van der Waals surface area contributed by atoms with Crippen LogP contribution < -0.4 is 0 Å². The van der Waals surface area contributed by atoms with E-state index in [2.05, 4.69) is 0 Å². The predicted molar refractivity (Wildman–Crippen MR) is 173 cm³/mol. The number of aldehydes is 4. The second-order valence-corrected chi connectivity index (χ2v) is 12.4. The number of phenolic OH excluding ortho intramolecular Hbond substituents is 4. The van der Waals surface area contributed by atoms with E-state index in [1.54, 1.807) is 76.2 Å². The smallest absolute Gasteiger partial charge is 0.153 e. The van der Waals surface area contributed by atoms with Crippen LogP contribution in [-0.2, 0) is 10.8 Å². The minimum absolute atomic E-state index is 0.0610. The molecule has 1 saturated carbocycles. The van der Waals surface area contributed by atoms with Crippen molar-refractivity contribution in [2.75, 3.05) is 0 Å². The third kappa shape index (κ3) is 4.67. The van der Waals surface area contributed by atoms with Crippen LogP contribution in [0.1, 0.15) is 112 Å². The van der Waals surface area contributed by atoms with Crippen LogP contribution in [0.5, 0.6) is 23.0 Å². The maximum Gasteiger partial charge on any atom is 0.153 e. The summed E-state index contributed by atoms with van der Waals surface area (Å²) in [6.07, 6.45) is 4.60. The first-order chi connectivity index (χ1) is 21.9. The van der Waals surface area contributed by atoms with E-state index in [-0.39, 0.29) is 45.3 Å². The van der Waals surface area contributed by atoms with Crippen molar-refractivity contribution < 1.29 is 39.6 Å². The molecular weight excluding hydrogens is 584 g/mol. The average molecular weight is 621 g/mol. The Morgan fingerprint density at radius 2 is 0.652 bits per heavy atom. The van der Waals surface area contributed by atoms with Crippen molar-refractivity contribution in [2.45, 2.75) is 64.2 Å². The van der Waals surface area contributed by atoms with E-state index < -0.39 is 10.8 Å². The largest absolute Gasteiger partial charge is 0.507 e. The zero-order chi connectivity index (χ0) is 33.6. The van der Waals surface area contributed by atoms with E-state index in [0.29, 0.717) is 95.3 Å². The molecular formula is C38H36O8. The molecule has 0 amide bonds. The number of phenols is 4. The number of hydrogen-bond donors (Lipinski definition) is 4. The SMILES string of the molecule is Cc1cc(C2(c3cc(C)c(O)c(C=O)c3)CCCCC2(c2cc(C)c(O)c(C=O)c2)c2cc(C)c(O)c(C=O)c2)cc(C=O)c1O. The van der Waals surface area contributed by atoms with Crippen molar-refractivity contribution in [1.29, 1.82) is 0 Å². The van der Waals surface area contributed by atoms with E-state index in [0.717, 1.165) is 0 Å². The van der Waals surface area contributed by atoms with E-state index >= 15 is 0 Å². The van der Waals surface area contributed by atoms with Gasteiger partial charge in [0.05, 0.1) is 22.3 Å². The van der Waals surface area contributed by atoms with Gasteiger partial charge in [-0.2, -0.15) is 0 Å². The average Bonchev–Trinajstić information content (AvgIpc) is 3.05. The van der Waals surface area contributed by atoms with Crippen LogP contribution in [-0.4, -0.2) is 45.6 Å². The van der Waals surface area contributed by atoms with Crippen molar-refractivity contribution in [2.24, 2.45) is 0 Å². The van der Waals surface area contributed by atoms with E-state index in [9.17, 15) is 39.6 Å². The number of aryl methyl sites for hydroxylation is 4. The third-order valence-electron chi connectivity index (χ3n) is 9.88. The molecule has 8 nitrogen and oxygen atoms in total. The second kappa shape index (κ2) is 11.9. The number of aromatic hydroxyl groups is 4. The highest BCUT2D eigenvalue weighted by atomic mass is 16.3. The van der Waals surface area contributed by atoms with Gasteiger partial charge in [0, 0.05) is 10.8 Å². The summed E-state index contributed by atoms with van der Waals surface area (Å²) in [4.78, 5) is 49.3. The molecule has 4 aromatic rings. The van der Waals surface area contributed by atoms with Gasteiger partial charge in [-0.15, -0.1) is 0 Å². The van der Waals surface area contributed by atoms with Gasteiger partial charge in [-0.3, -0.25) is 19.2 Å². The fraction of sp³-hybridized carbons (Fsp3) is 0.263. The number of benzene rings is 4. The Balaban J connectivity index is 2.11. The third-order valence-corrected chi connectivity index (χ3v) is 9.88. The van der Waals surface area contributed by atoms with Crippen LogP contribution >= 0.6 is 0 Å². The Hall–Kier alpha value is -5.24. The van der Waals surface area contributed by atoms with Gasteiger partial charge in [-0.1, -0.05) is 37.1 Å². The molecule has 4 N–H and O–H groups in total. The molecule has 0 heterocycles. The fourth-order valence-corrected chi connectivity index (χ4v) is 7.68. The van der Waals surface area contributed by atoms with Crippen LogP contribution in [0.4, 0.5) is 0 Å². The Bertz CT molecular complexity index is 1650. The fourth-order valence-electron chi connectivity index (χ4n) is 7.68. The molecule has 0 saturated heterocycles. The second-order valence-electron chi connectivity index (χ2n) is 12.4. The Morgan fingerprint density at radius 3 is 0.848 bits per heavy atom. The molecule has 0 aliphatic heterocycles. The van der Waals surface area contributed by atoms with Crippen LogP contribution in [0.3, 0.4) is 0 Å². The summed E-state index contributed by atoms with van der Waals surface area (Å²) in [6, 6.07) is 13.7. The van der Waals surface area contributed by atoms with Gasteiger partial charge >= 0.3 is 0 Å². The monoisotopic (exact) mass is 620 g/mol. The molecule has 236 valence electrons. The van der Waals surface area contributed by atoms with E-state index in [1.165, 1.54) is 0 Å². The summed E-state index contributed by atoms with van der Waals surface area (Å²) in [5.41, 5.74) is 2.22. The maximum atomic E-state index is 12.3. The molecule has 0 radical (unpaired) electrons. The highest BCUT2D eigenvalue weighted by Crippen LogP contribution is 2.62. The number of carbonyl (C=O) groups excluding carboxylic acids is 4. The predicted octanol–water partition coefficient (Wildman–Crippen LogP) is 6.84. The molecule has 4 aromatic carbocycles. The van der Waals surface area contributed by atoms with Gasteiger partial charge in [0.2, 0.25) is 0 Å². The summed E-state index contributed by atoms with van der Waals surface area (Å²) in [5, 5.41) is 43.3. The summed E-state index contributed by atoms with van der Waals surface area (Å²) in [6.45, 7) is 6.75. The van der Waals surface area contributed by atoms with Crippen LogP contribution in [0, 0.1) is 27.7 Å². The molecule has 1 aliphatic carbocycles. The zero-order valence-electron chi connectivity index (χ0n) is 26.2. The summed E-state index contributed by atoms with van der Waals surface area (Å²) >= 11 is 0. The lowest BCUT2D eigenvalue weighted by Gasteiger charge is -2.56. The molecule has 0 aromatic heterocycles. The first-order valence-electron chi connectivity index (χ1n) is 15.1. The lowest BCUT2D eigenvalue weighted by atomic mass is 9.46. The molecule has 0 unspecified atom stereocenters. The summed E-state index contributed by atoms with van der Waals surface area (Å²) < 4.78 is 0. The normalized spacial score (nSPS) is 15.2. The van der Waals surface area contributed by atoms with Crippen molar-refractivity contribution >= 4 is 25.1 Å². The minimum atomic E-state index is -1.15. The van der Waals surface area contributed by atoms with Crippen molar-refractivity contribution in [3.8, 4) is 23.0 Å². The zero-order valence-corrected chi connectivity index (χ0v) is 26.2. The van der Waals surface area contributed by atoms with Crippen molar-refractivity contribution in [3.63, 3.8) is 0 Å². The molecule has 0 bridgehead atoms. The van der Waals surface area contributed by atoms with Crippen molar-refractivity contribution in [3.05, 3.63) is 115 Å². The Kier molecular flexibility index (Phi) is 8.34. The highest BCUT2D eigenvalue weighted by molar-refractivity contribution is 5.85. The number of carbonyl (C=O) groups is 4. The number of hydrogen-bond acceptors (Lipinski definition) is 8. The standard InChI is InChI=1S/C38H36O8/c1-21-9-29(13-25(17-39)33(21)43)37(30-10-22(2)34(44)26(14-30)18-40)7-5-6-8-38(37,31-11-23(3)35(45)27(15-31)19-41)32-12-24(4)36(46)28(16-32)20-42/h9-20,43-46H,5-8H2,1-4H3. The van der Waals surface area contributed by atoms with Crippen LogP contribution in [0.2, 0.25) is 0 Å². The topological polar surface area (TPSA) is 149 Å².